The van der Waals surface area contributed by atoms with E-state index in [-0.39, 0.29) is 23.2 Å². The fourth-order valence-electron chi connectivity index (χ4n) is 4.88. The molecule has 210 valence electrons. The zero-order valence-electron chi connectivity index (χ0n) is 21.6. The van der Waals surface area contributed by atoms with Gasteiger partial charge in [-0.2, -0.15) is 9.50 Å². The lowest BCUT2D eigenvalue weighted by atomic mass is 10.2. The minimum atomic E-state index is -0.342. The molecule has 1 saturated heterocycles. The van der Waals surface area contributed by atoms with E-state index < -0.39 is 0 Å². The van der Waals surface area contributed by atoms with Crippen LogP contribution in [-0.2, 0) is 13.2 Å². The number of nitrogen functional groups attached to an aromatic ring is 1. The fraction of sp³-hybridized carbons (Fsp3) is 0.280. The number of nitrogens with zero attached hydrogens (tertiary/aromatic N) is 9. The lowest BCUT2D eigenvalue weighted by molar-refractivity contribution is 0.248. The highest BCUT2D eigenvalue weighted by molar-refractivity contribution is 7.17. The van der Waals surface area contributed by atoms with Crippen LogP contribution in [0.15, 0.2) is 52.0 Å². The molecule has 6 heterocycles. The first kappa shape index (κ1) is 25.2. The molecule has 1 aromatic carbocycles. The Kier molecular flexibility index (Phi) is 6.31. The van der Waals surface area contributed by atoms with Crippen molar-refractivity contribution in [2.45, 2.75) is 13.2 Å². The van der Waals surface area contributed by atoms with Crippen molar-refractivity contribution < 1.29 is 13.5 Å². The van der Waals surface area contributed by atoms with Crippen LogP contribution in [0.4, 0.5) is 16.0 Å². The number of anilines is 2. The second-order valence-corrected chi connectivity index (χ2v) is 10.4. The predicted molar refractivity (Wildman–Crippen MR) is 148 cm³/mol. The van der Waals surface area contributed by atoms with Gasteiger partial charge >= 0.3 is 4.87 Å². The van der Waals surface area contributed by atoms with Gasteiger partial charge in [0.1, 0.15) is 28.6 Å². The number of aromatic nitrogens is 8. The summed E-state index contributed by atoms with van der Waals surface area (Å²) in [7, 11) is 0. The van der Waals surface area contributed by atoms with Crippen molar-refractivity contribution in [3.05, 3.63) is 64.0 Å². The molecule has 5 aromatic heterocycles. The summed E-state index contributed by atoms with van der Waals surface area (Å²) in [5.74, 6) is 1.09. The zero-order chi connectivity index (χ0) is 27.9. The van der Waals surface area contributed by atoms with Crippen LogP contribution < -0.4 is 20.2 Å². The van der Waals surface area contributed by atoms with Crippen molar-refractivity contribution in [1.29, 1.82) is 0 Å². The second kappa shape index (κ2) is 10.3. The highest BCUT2D eigenvalue weighted by Gasteiger charge is 2.22. The summed E-state index contributed by atoms with van der Waals surface area (Å²) >= 11 is 1.07. The first-order chi connectivity index (χ1) is 20.0. The number of nitrogens with two attached hydrogens (primary N) is 1. The molecule has 0 spiro atoms. The molecule has 0 unspecified atom stereocenters. The Bertz CT molecular complexity index is 1870. The van der Waals surface area contributed by atoms with Gasteiger partial charge in [-0.05, 0) is 24.3 Å². The van der Waals surface area contributed by atoms with E-state index in [1.807, 2.05) is 4.90 Å². The topological polar surface area (TPSA) is 162 Å². The smallest absolute Gasteiger partial charge is 0.309 e. The molecule has 1 aliphatic heterocycles. The summed E-state index contributed by atoms with van der Waals surface area (Å²) in [5, 5.41) is 14.5. The number of nitrogens with one attached hydrogen (secondary N) is 1. The summed E-state index contributed by atoms with van der Waals surface area (Å²) in [5.41, 5.74) is 8.29. The van der Waals surface area contributed by atoms with Gasteiger partial charge in [-0.25, -0.2) is 9.37 Å². The van der Waals surface area contributed by atoms with Gasteiger partial charge < -0.3 is 19.8 Å². The van der Waals surface area contributed by atoms with Crippen molar-refractivity contribution in [2.75, 3.05) is 43.4 Å². The van der Waals surface area contributed by atoms with E-state index in [2.05, 4.69) is 35.4 Å². The van der Waals surface area contributed by atoms with Gasteiger partial charge in [0, 0.05) is 51.5 Å². The number of H-pyrrole nitrogens is 1. The van der Waals surface area contributed by atoms with Crippen LogP contribution in [-0.4, -0.2) is 77.2 Å². The van der Waals surface area contributed by atoms with Gasteiger partial charge in [-0.3, -0.25) is 19.4 Å². The lowest BCUT2D eigenvalue weighted by Crippen LogP contribution is -2.47. The van der Waals surface area contributed by atoms with E-state index in [0.29, 0.717) is 70.9 Å². The summed E-state index contributed by atoms with van der Waals surface area (Å²) in [4.78, 5) is 26.1. The third-order valence-corrected chi connectivity index (χ3v) is 7.95. The molecule has 1 fully saturated rings. The molecule has 7 rings (SSSR count). The van der Waals surface area contributed by atoms with E-state index in [9.17, 15) is 9.18 Å². The molecule has 6 aromatic rings. The molecule has 0 saturated carbocycles. The minimum absolute atomic E-state index is 0.134. The molecule has 0 amide bonds. The fourth-order valence-corrected chi connectivity index (χ4v) is 5.81. The molecular weight excluding hydrogens is 553 g/mol. The molecule has 41 heavy (non-hydrogen) atoms. The maximum Gasteiger partial charge on any atom is 0.309 e. The number of benzene rings is 1. The molecule has 1 aliphatic rings. The number of hydrogen-bond acceptors (Lipinski definition) is 12. The summed E-state index contributed by atoms with van der Waals surface area (Å²) in [6, 6.07) is 8.37. The molecule has 16 heteroatoms. The van der Waals surface area contributed by atoms with Crippen LogP contribution in [0, 0.1) is 5.82 Å². The SMILES string of the molecule is Nc1nc2c(sc(=O)n2CCN2CCN(c3ccc(OCc4c[nH]nn4)cc3F)CC2)c2nc(-c3ccco3)nn12. The molecule has 0 aliphatic carbocycles. The monoisotopic (exact) mass is 577 g/mol. The molecule has 14 nitrogen and oxygen atoms in total. The third kappa shape index (κ3) is 4.76. The Morgan fingerprint density at radius 3 is 2.76 bits per heavy atom. The summed E-state index contributed by atoms with van der Waals surface area (Å²) in [6.45, 7) is 4.01. The summed E-state index contributed by atoms with van der Waals surface area (Å²) < 4.78 is 29.6. The Morgan fingerprint density at radius 1 is 1.12 bits per heavy atom. The minimum Gasteiger partial charge on any atom is -0.487 e. The standard InChI is InChI=1S/C25H24FN11O3S/c26-17-12-16(40-14-15-13-28-33-31-15)3-4-18(17)35-8-5-34(6-9-35)7-10-36-22-20(41-25(36)38)23-29-21(19-2-1-11-39-19)32-37(23)24(27)30-22/h1-4,11-13H,5-10,14H2,(H2,27,30)(H,28,31,33). The highest BCUT2D eigenvalue weighted by atomic mass is 32.1. The van der Waals surface area contributed by atoms with Crippen molar-refractivity contribution in [2.24, 2.45) is 0 Å². The normalized spacial score (nSPS) is 14.4. The first-order valence-electron chi connectivity index (χ1n) is 12.9. The third-order valence-electron chi connectivity index (χ3n) is 6.98. The summed E-state index contributed by atoms with van der Waals surface area (Å²) in [6.07, 6.45) is 3.17. The van der Waals surface area contributed by atoms with Crippen LogP contribution in [0.2, 0.25) is 0 Å². The van der Waals surface area contributed by atoms with Gasteiger partial charge in [0.15, 0.2) is 17.1 Å². The maximum absolute atomic E-state index is 14.9. The Balaban J connectivity index is 1.01. The maximum atomic E-state index is 14.9. The van der Waals surface area contributed by atoms with Crippen molar-refractivity contribution >= 4 is 39.0 Å². The van der Waals surface area contributed by atoms with Crippen LogP contribution in [0.5, 0.6) is 5.75 Å². The molecule has 0 bridgehead atoms. The van der Waals surface area contributed by atoms with Crippen LogP contribution >= 0.6 is 11.3 Å². The van der Waals surface area contributed by atoms with Gasteiger partial charge in [0.25, 0.3) is 0 Å². The van der Waals surface area contributed by atoms with Crippen molar-refractivity contribution in [3.8, 4) is 17.3 Å². The molecule has 0 atom stereocenters. The van der Waals surface area contributed by atoms with Gasteiger partial charge in [0.05, 0.1) is 12.0 Å². The van der Waals surface area contributed by atoms with Crippen LogP contribution in [0.1, 0.15) is 5.69 Å². The molecule has 3 N–H and O–H groups in total. The number of ether oxygens (including phenoxy) is 1. The zero-order valence-corrected chi connectivity index (χ0v) is 22.4. The van der Waals surface area contributed by atoms with Crippen LogP contribution in [0.3, 0.4) is 0 Å². The van der Waals surface area contributed by atoms with Gasteiger partial charge in [-0.15, -0.1) is 10.2 Å². The number of hydrogen-bond donors (Lipinski definition) is 2. The van der Waals surface area contributed by atoms with Crippen LogP contribution in [0.25, 0.3) is 27.6 Å². The van der Waals surface area contributed by atoms with E-state index in [4.69, 9.17) is 14.9 Å². The average molecular weight is 578 g/mol. The van der Waals surface area contributed by atoms with E-state index in [1.165, 1.54) is 16.8 Å². The number of halogens is 1. The van der Waals surface area contributed by atoms with Gasteiger partial charge in [-0.1, -0.05) is 16.6 Å². The average Bonchev–Trinajstić information content (AvgIpc) is 3.79. The Hall–Kier alpha value is -4.83. The number of thiazole rings is 1. The van der Waals surface area contributed by atoms with Crippen molar-refractivity contribution in [1.82, 2.24) is 44.5 Å². The molecular formula is C25H24FN11O3S. The second-order valence-electron chi connectivity index (χ2n) is 9.49. The predicted octanol–water partition coefficient (Wildman–Crippen LogP) is 2.00. The van der Waals surface area contributed by atoms with E-state index in [1.54, 1.807) is 35.0 Å². The lowest BCUT2D eigenvalue weighted by Gasteiger charge is -2.36. The first-order valence-corrected chi connectivity index (χ1v) is 13.7. The molecule has 0 radical (unpaired) electrons. The highest BCUT2D eigenvalue weighted by Crippen LogP contribution is 2.27. The Morgan fingerprint density at radius 2 is 2.00 bits per heavy atom. The number of fused-ring (bicyclic) bond motifs is 3. The number of furan rings is 1. The van der Waals surface area contributed by atoms with E-state index in [0.717, 1.165) is 24.4 Å². The number of aromatic amines is 1. The number of piperazine rings is 1. The quantitative estimate of drug-likeness (QED) is 0.272. The Labute approximate surface area is 234 Å². The van der Waals surface area contributed by atoms with Gasteiger partial charge in [0.2, 0.25) is 11.8 Å². The number of rotatable bonds is 8. The van der Waals surface area contributed by atoms with Crippen molar-refractivity contribution in [3.63, 3.8) is 0 Å². The largest absolute Gasteiger partial charge is 0.487 e. The van der Waals surface area contributed by atoms with E-state index >= 15 is 0 Å².